The topological polar surface area (TPSA) is 55.6 Å². The van der Waals surface area contributed by atoms with Gasteiger partial charge in [-0.05, 0) is 40.0 Å². The summed E-state index contributed by atoms with van der Waals surface area (Å²) in [5.74, 6) is 0. The minimum atomic E-state index is -0.417. The van der Waals surface area contributed by atoms with Crippen LogP contribution < -0.4 is 5.73 Å². The van der Waals surface area contributed by atoms with Crippen LogP contribution in [0.3, 0.4) is 0 Å². The van der Waals surface area contributed by atoms with E-state index in [0.717, 1.165) is 32.4 Å². The van der Waals surface area contributed by atoms with Gasteiger partial charge in [0.25, 0.3) is 0 Å². The first-order valence-corrected chi connectivity index (χ1v) is 6.28. The van der Waals surface area contributed by atoms with Crippen molar-refractivity contribution in [2.45, 2.75) is 45.6 Å². The molecule has 17 heavy (non-hydrogen) atoms. The fraction of sp³-hybridized carbons (Fsp3) is 0.769. The molecular formula is C13H24N2O2. The fourth-order valence-corrected chi connectivity index (χ4v) is 1.89. The summed E-state index contributed by atoms with van der Waals surface area (Å²) in [5, 5.41) is 0. The number of likely N-dealkylation sites (tertiary alicyclic amines) is 1. The highest BCUT2D eigenvalue weighted by molar-refractivity contribution is 5.68. The zero-order valence-electron chi connectivity index (χ0n) is 11.2. The van der Waals surface area contributed by atoms with Gasteiger partial charge in [0, 0.05) is 19.6 Å². The summed E-state index contributed by atoms with van der Waals surface area (Å²) in [4.78, 5) is 13.7. The standard InChI is InChI=1S/C13H24N2O2/c1-13(2,3)17-12(16)15-9-4-5-11(6-8-14)7-10-15/h6H,4-5,7-10,14H2,1-3H3/b11-6+. The van der Waals surface area contributed by atoms with Crippen LogP contribution in [0.5, 0.6) is 0 Å². The minimum absolute atomic E-state index is 0.202. The molecule has 1 aliphatic rings. The van der Waals surface area contributed by atoms with Crippen molar-refractivity contribution in [3.8, 4) is 0 Å². The summed E-state index contributed by atoms with van der Waals surface area (Å²) in [5.41, 5.74) is 6.45. The number of carbonyl (C=O) groups excluding carboxylic acids is 1. The molecule has 1 aliphatic heterocycles. The van der Waals surface area contributed by atoms with E-state index in [0.29, 0.717) is 6.54 Å². The molecule has 0 unspecified atom stereocenters. The number of ether oxygens (including phenoxy) is 1. The molecule has 4 nitrogen and oxygen atoms in total. The molecule has 0 radical (unpaired) electrons. The monoisotopic (exact) mass is 240 g/mol. The van der Waals surface area contributed by atoms with Gasteiger partial charge in [-0.1, -0.05) is 11.6 Å². The van der Waals surface area contributed by atoms with E-state index in [1.165, 1.54) is 5.57 Å². The molecule has 1 amide bonds. The normalized spacial score (nSPS) is 20.2. The Hall–Kier alpha value is -1.03. The van der Waals surface area contributed by atoms with Gasteiger partial charge in [0.2, 0.25) is 0 Å². The van der Waals surface area contributed by atoms with E-state index in [9.17, 15) is 4.79 Å². The summed E-state index contributed by atoms with van der Waals surface area (Å²) in [6.07, 6.45) is 4.81. The zero-order valence-corrected chi connectivity index (χ0v) is 11.2. The Balaban J connectivity index is 2.51. The second-order valence-electron chi connectivity index (χ2n) is 5.42. The maximum absolute atomic E-state index is 11.9. The van der Waals surface area contributed by atoms with Gasteiger partial charge in [0.15, 0.2) is 0 Å². The molecule has 1 heterocycles. The van der Waals surface area contributed by atoms with Crippen LogP contribution in [-0.4, -0.2) is 36.2 Å². The van der Waals surface area contributed by atoms with Crippen molar-refractivity contribution in [3.05, 3.63) is 11.6 Å². The molecule has 0 aromatic rings. The average molecular weight is 240 g/mol. The maximum Gasteiger partial charge on any atom is 0.410 e. The molecule has 1 fully saturated rings. The van der Waals surface area contributed by atoms with Crippen molar-refractivity contribution in [2.24, 2.45) is 5.73 Å². The van der Waals surface area contributed by atoms with E-state index >= 15 is 0 Å². The molecular weight excluding hydrogens is 216 g/mol. The maximum atomic E-state index is 11.9. The van der Waals surface area contributed by atoms with Gasteiger partial charge in [-0.2, -0.15) is 0 Å². The van der Waals surface area contributed by atoms with Crippen molar-refractivity contribution in [3.63, 3.8) is 0 Å². The predicted molar refractivity (Wildman–Crippen MR) is 68.8 cm³/mol. The van der Waals surface area contributed by atoms with Crippen molar-refractivity contribution in [1.29, 1.82) is 0 Å². The number of rotatable bonds is 1. The molecule has 0 spiro atoms. The molecule has 0 saturated carbocycles. The lowest BCUT2D eigenvalue weighted by molar-refractivity contribution is 0.0258. The summed E-state index contributed by atoms with van der Waals surface area (Å²) in [6, 6.07) is 0. The summed E-state index contributed by atoms with van der Waals surface area (Å²) in [6.45, 7) is 7.77. The molecule has 4 heteroatoms. The molecule has 2 N–H and O–H groups in total. The third-order valence-electron chi connectivity index (χ3n) is 2.69. The molecule has 1 saturated heterocycles. The van der Waals surface area contributed by atoms with Gasteiger partial charge in [0.1, 0.15) is 5.60 Å². The van der Waals surface area contributed by atoms with Crippen molar-refractivity contribution >= 4 is 6.09 Å². The zero-order chi connectivity index (χ0) is 12.9. The van der Waals surface area contributed by atoms with Gasteiger partial charge in [-0.3, -0.25) is 0 Å². The lowest BCUT2D eigenvalue weighted by Gasteiger charge is -2.26. The van der Waals surface area contributed by atoms with Crippen LogP contribution >= 0.6 is 0 Å². The van der Waals surface area contributed by atoms with Crippen molar-refractivity contribution < 1.29 is 9.53 Å². The second kappa shape index (κ2) is 6.05. The first-order chi connectivity index (χ1) is 7.92. The quantitative estimate of drug-likeness (QED) is 0.715. The van der Waals surface area contributed by atoms with Gasteiger partial charge >= 0.3 is 6.09 Å². The number of nitrogens with two attached hydrogens (primary N) is 1. The molecule has 0 aliphatic carbocycles. The number of carbonyl (C=O) groups is 1. The van der Waals surface area contributed by atoms with E-state index < -0.39 is 5.60 Å². The molecule has 0 atom stereocenters. The number of nitrogens with zero attached hydrogens (tertiary/aromatic N) is 1. The minimum Gasteiger partial charge on any atom is -0.444 e. The third-order valence-corrected chi connectivity index (χ3v) is 2.69. The van der Waals surface area contributed by atoms with E-state index in [1.54, 1.807) is 4.90 Å². The van der Waals surface area contributed by atoms with E-state index in [1.807, 2.05) is 20.8 Å². The Labute approximate surface area is 104 Å². The number of hydrogen-bond donors (Lipinski definition) is 1. The lowest BCUT2D eigenvalue weighted by Crippen LogP contribution is -2.37. The Morgan fingerprint density at radius 2 is 2.12 bits per heavy atom. The van der Waals surface area contributed by atoms with Crippen LogP contribution in [0.4, 0.5) is 4.79 Å². The van der Waals surface area contributed by atoms with Gasteiger partial charge < -0.3 is 15.4 Å². The largest absolute Gasteiger partial charge is 0.444 e. The van der Waals surface area contributed by atoms with Crippen LogP contribution in [0, 0.1) is 0 Å². The lowest BCUT2D eigenvalue weighted by atomic mass is 10.1. The Morgan fingerprint density at radius 1 is 1.41 bits per heavy atom. The van der Waals surface area contributed by atoms with Crippen LogP contribution in [0.15, 0.2) is 11.6 Å². The molecule has 0 aromatic heterocycles. The first kappa shape index (κ1) is 14.0. The van der Waals surface area contributed by atoms with Crippen LogP contribution in [0.1, 0.15) is 40.0 Å². The number of hydrogen-bond acceptors (Lipinski definition) is 3. The Kier molecular flexibility index (Phi) is 5.00. The summed E-state index contributed by atoms with van der Waals surface area (Å²) in [7, 11) is 0. The van der Waals surface area contributed by atoms with Gasteiger partial charge in [-0.25, -0.2) is 4.79 Å². The van der Waals surface area contributed by atoms with Gasteiger partial charge in [0.05, 0.1) is 0 Å². The van der Waals surface area contributed by atoms with Crippen LogP contribution in [0.2, 0.25) is 0 Å². The molecule has 1 rings (SSSR count). The molecule has 0 bridgehead atoms. The average Bonchev–Trinajstić information content (AvgIpc) is 2.41. The van der Waals surface area contributed by atoms with E-state index in [4.69, 9.17) is 10.5 Å². The van der Waals surface area contributed by atoms with Crippen LogP contribution in [-0.2, 0) is 4.74 Å². The third kappa shape index (κ3) is 5.22. The highest BCUT2D eigenvalue weighted by Gasteiger charge is 2.23. The summed E-state index contributed by atoms with van der Waals surface area (Å²) >= 11 is 0. The second-order valence-corrected chi connectivity index (χ2v) is 5.42. The Bertz CT molecular complexity index is 292. The van der Waals surface area contributed by atoms with E-state index in [2.05, 4.69) is 6.08 Å². The van der Waals surface area contributed by atoms with Crippen LogP contribution in [0.25, 0.3) is 0 Å². The highest BCUT2D eigenvalue weighted by Crippen LogP contribution is 2.18. The number of amides is 1. The molecule has 98 valence electrons. The van der Waals surface area contributed by atoms with Crippen molar-refractivity contribution in [2.75, 3.05) is 19.6 Å². The highest BCUT2D eigenvalue weighted by atomic mass is 16.6. The van der Waals surface area contributed by atoms with Crippen molar-refractivity contribution in [1.82, 2.24) is 4.90 Å². The SMILES string of the molecule is CC(C)(C)OC(=O)N1CCC/C(=C\CN)CC1. The summed E-state index contributed by atoms with van der Waals surface area (Å²) < 4.78 is 5.37. The smallest absolute Gasteiger partial charge is 0.410 e. The first-order valence-electron chi connectivity index (χ1n) is 6.28. The predicted octanol–water partition coefficient (Wildman–Crippen LogP) is 2.29. The molecule has 0 aromatic carbocycles. The Morgan fingerprint density at radius 3 is 2.71 bits per heavy atom. The van der Waals surface area contributed by atoms with E-state index in [-0.39, 0.29) is 6.09 Å². The fourth-order valence-electron chi connectivity index (χ4n) is 1.89. The van der Waals surface area contributed by atoms with Gasteiger partial charge in [-0.15, -0.1) is 0 Å².